The summed E-state index contributed by atoms with van der Waals surface area (Å²) in [4.78, 5) is 6.74. The van der Waals surface area contributed by atoms with Gasteiger partial charge in [0.25, 0.3) is 0 Å². The number of nitrogens with zero attached hydrogens (tertiary/aromatic N) is 2. The first-order valence-corrected chi connectivity index (χ1v) is 5.13. The van der Waals surface area contributed by atoms with Gasteiger partial charge in [0.05, 0.1) is 5.69 Å². The molecular weight excluding hydrogens is 174 g/mol. The van der Waals surface area contributed by atoms with Gasteiger partial charge in [0.15, 0.2) is 0 Å². The van der Waals surface area contributed by atoms with E-state index in [9.17, 15) is 0 Å². The van der Waals surface area contributed by atoms with Gasteiger partial charge >= 0.3 is 0 Å². The molecule has 0 aliphatic heterocycles. The normalized spacial score (nSPS) is 16.2. The summed E-state index contributed by atoms with van der Waals surface area (Å²) in [6, 6.07) is 4.93. The number of hydrogen-bond donors (Lipinski definition) is 1. The van der Waals surface area contributed by atoms with Crippen LogP contribution in [-0.2, 0) is 13.1 Å². The van der Waals surface area contributed by atoms with Crippen LogP contribution in [0.15, 0.2) is 18.3 Å². The first kappa shape index (κ1) is 9.62. The van der Waals surface area contributed by atoms with E-state index in [1.54, 1.807) is 0 Å². The van der Waals surface area contributed by atoms with Crippen molar-refractivity contribution in [2.24, 2.45) is 5.73 Å². The Morgan fingerprint density at radius 1 is 1.50 bits per heavy atom. The number of pyridine rings is 1. The van der Waals surface area contributed by atoms with E-state index >= 15 is 0 Å². The number of hydrogen-bond acceptors (Lipinski definition) is 3. The third kappa shape index (κ3) is 2.30. The van der Waals surface area contributed by atoms with E-state index in [1.807, 2.05) is 6.20 Å². The van der Waals surface area contributed by atoms with Crippen molar-refractivity contribution >= 4 is 0 Å². The van der Waals surface area contributed by atoms with Crippen molar-refractivity contribution in [2.75, 3.05) is 7.05 Å². The highest BCUT2D eigenvalue weighted by atomic mass is 15.2. The molecule has 1 fully saturated rings. The van der Waals surface area contributed by atoms with Crippen LogP contribution in [0.25, 0.3) is 0 Å². The minimum Gasteiger partial charge on any atom is -0.326 e. The van der Waals surface area contributed by atoms with E-state index < -0.39 is 0 Å². The second kappa shape index (κ2) is 4.07. The lowest BCUT2D eigenvalue weighted by molar-refractivity contribution is 0.312. The van der Waals surface area contributed by atoms with Crippen molar-refractivity contribution in [2.45, 2.75) is 32.0 Å². The Labute approximate surface area is 84.9 Å². The van der Waals surface area contributed by atoms with E-state index in [1.165, 1.54) is 12.8 Å². The quantitative estimate of drug-likeness (QED) is 0.776. The smallest absolute Gasteiger partial charge is 0.0544 e. The van der Waals surface area contributed by atoms with Crippen LogP contribution in [0.1, 0.15) is 24.1 Å². The third-order valence-electron chi connectivity index (χ3n) is 2.70. The lowest BCUT2D eigenvalue weighted by Gasteiger charge is -2.14. The van der Waals surface area contributed by atoms with Crippen molar-refractivity contribution in [1.29, 1.82) is 0 Å². The Kier molecular flexibility index (Phi) is 2.79. The van der Waals surface area contributed by atoms with Crippen molar-refractivity contribution in [3.63, 3.8) is 0 Å². The SMILES string of the molecule is CN(Cc1ccc(CN)cn1)C1CC1. The minimum absolute atomic E-state index is 0.575. The van der Waals surface area contributed by atoms with Gasteiger partial charge in [-0.1, -0.05) is 6.07 Å². The zero-order valence-electron chi connectivity index (χ0n) is 8.61. The largest absolute Gasteiger partial charge is 0.326 e. The molecule has 0 saturated heterocycles. The Morgan fingerprint density at radius 3 is 2.79 bits per heavy atom. The predicted octanol–water partition coefficient (Wildman–Crippen LogP) is 1.13. The molecule has 0 radical (unpaired) electrons. The summed E-state index contributed by atoms with van der Waals surface area (Å²) in [7, 11) is 2.16. The van der Waals surface area contributed by atoms with Gasteiger partial charge in [0.1, 0.15) is 0 Å². The van der Waals surface area contributed by atoms with Gasteiger partial charge in [-0.15, -0.1) is 0 Å². The van der Waals surface area contributed by atoms with Crippen LogP contribution < -0.4 is 5.73 Å². The van der Waals surface area contributed by atoms with E-state index in [0.29, 0.717) is 6.54 Å². The van der Waals surface area contributed by atoms with E-state index in [0.717, 1.165) is 23.8 Å². The summed E-state index contributed by atoms with van der Waals surface area (Å²) in [5, 5.41) is 0. The van der Waals surface area contributed by atoms with Gasteiger partial charge in [0, 0.05) is 25.3 Å². The zero-order chi connectivity index (χ0) is 9.97. The maximum atomic E-state index is 5.51. The maximum Gasteiger partial charge on any atom is 0.0544 e. The van der Waals surface area contributed by atoms with Crippen LogP contribution in [0.2, 0.25) is 0 Å². The van der Waals surface area contributed by atoms with Gasteiger partial charge in [-0.25, -0.2) is 0 Å². The van der Waals surface area contributed by atoms with Gasteiger partial charge in [-0.05, 0) is 31.5 Å². The highest BCUT2D eigenvalue weighted by Gasteiger charge is 2.25. The topological polar surface area (TPSA) is 42.1 Å². The molecule has 0 atom stereocenters. The molecule has 0 spiro atoms. The summed E-state index contributed by atoms with van der Waals surface area (Å²) in [5.74, 6) is 0. The lowest BCUT2D eigenvalue weighted by atomic mass is 10.2. The average molecular weight is 191 g/mol. The number of aromatic nitrogens is 1. The molecule has 3 heteroatoms. The van der Waals surface area contributed by atoms with Crippen LogP contribution in [0.5, 0.6) is 0 Å². The maximum absolute atomic E-state index is 5.51. The third-order valence-corrected chi connectivity index (χ3v) is 2.70. The molecule has 3 nitrogen and oxygen atoms in total. The van der Waals surface area contributed by atoms with Gasteiger partial charge in [0.2, 0.25) is 0 Å². The van der Waals surface area contributed by atoms with Gasteiger partial charge in [-0.3, -0.25) is 9.88 Å². The summed E-state index contributed by atoms with van der Waals surface area (Å²) in [6.45, 7) is 1.53. The summed E-state index contributed by atoms with van der Waals surface area (Å²) < 4.78 is 0. The summed E-state index contributed by atoms with van der Waals surface area (Å²) in [6.07, 6.45) is 4.56. The fourth-order valence-electron chi connectivity index (χ4n) is 1.57. The molecule has 1 aliphatic rings. The second-order valence-electron chi connectivity index (χ2n) is 4.01. The molecule has 2 rings (SSSR count). The molecule has 14 heavy (non-hydrogen) atoms. The van der Waals surface area contributed by atoms with Crippen LogP contribution in [0.3, 0.4) is 0 Å². The van der Waals surface area contributed by atoms with Crippen LogP contribution >= 0.6 is 0 Å². The van der Waals surface area contributed by atoms with Crippen molar-refractivity contribution < 1.29 is 0 Å². The molecule has 0 bridgehead atoms. The Balaban J connectivity index is 1.95. The Hall–Kier alpha value is -0.930. The number of nitrogens with two attached hydrogens (primary N) is 1. The highest BCUT2D eigenvalue weighted by Crippen LogP contribution is 2.26. The van der Waals surface area contributed by atoms with Crippen molar-refractivity contribution in [3.8, 4) is 0 Å². The van der Waals surface area contributed by atoms with E-state index in [-0.39, 0.29) is 0 Å². The summed E-state index contributed by atoms with van der Waals surface area (Å²) >= 11 is 0. The Bertz CT molecular complexity index is 290. The standard InChI is InChI=1S/C11H17N3/c1-14(11-4-5-11)8-10-3-2-9(6-12)7-13-10/h2-3,7,11H,4-6,8,12H2,1H3. The molecule has 1 saturated carbocycles. The molecular formula is C11H17N3. The highest BCUT2D eigenvalue weighted by molar-refractivity contribution is 5.13. The predicted molar refractivity (Wildman–Crippen MR) is 56.6 cm³/mol. The lowest BCUT2D eigenvalue weighted by Crippen LogP contribution is -2.20. The van der Waals surface area contributed by atoms with Crippen LogP contribution in [0.4, 0.5) is 0 Å². The molecule has 0 unspecified atom stereocenters. The second-order valence-corrected chi connectivity index (χ2v) is 4.01. The van der Waals surface area contributed by atoms with E-state index in [2.05, 4.69) is 29.1 Å². The Morgan fingerprint density at radius 2 is 2.29 bits per heavy atom. The fourth-order valence-corrected chi connectivity index (χ4v) is 1.57. The molecule has 76 valence electrons. The average Bonchev–Trinajstić information content (AvgIpc) is 3.02. The van der Waals surface area contributed by atoms with Gasteiger partial charge in [-0.2, -0.15) is 0 Å². The van der Waals surface area contributed by atoms with Crippen LogP contribution in [-0.4, -0.2) is 23.0 Å². The van der Waals surface area contributed by atoms with Crippen LogP contribution in [0, 0.1) is 0 Å². The van der Waals surface area contributed by atoms with E-state index in [4.69, 9.17) is 5.73 Å². The zero-order valence-corrected chi connectivity index (χ0v) is 8.61. The molecule has 0 amide bonds. The van der Waals surface area contributed by atoms with Crippen molar-refractivity contribution in [1.82, 2.24) is 9.88 Å². The van der Waals surface area contributed by atoms with Gasteiger partial charge < -0.3 is 5.73 Å². The molecule has 1 aromatic rings. The van der Waals surface area contributed by atoms with Crippen molar-refractivity contribution in [3.05, 3.63) is 29.6 Å². The first-order chi connectivity index (χ1) is 6.79. The molecule has 1 heterocycles. The molecule has 1 aromatic heterocycles. The first-order valence-electron chi connectivity index (χ1n) is 5.13. The number of rotatable bonds is 4. The monoisotopic (exact) mass is 191 g/mol. The molecule has 2 N–H and O–H groups in total. The summed E-state index contributed by atoms with van der Waals surface area (Å²) in [5.41, 5.74) is 7.74. The molecule has 1 aliphatic carbocycles. The minimum atomic E-state index is 0.575. The molecule has 0 aromatic carbocycles. The fraction of sp³-hybridized carbons (Fsp3) is 0.545.